The molecular formula is C22H20ClNOS. The highest BCUT2D eigenvalue weighted by molar-refractivity contribution is 7.98. The van der Waals surface area contributed by atoms with Crippen LogP contribution in [0.4, 0.5) is 5.69 Å². The van der Waals surface area contributed by atoms with Crippen LogP contribution < -0.4 is 5.32 Å². The zero-order valence-electron chi connectivity index (χ0n) is 14.8. The van der Waals surface area contributed by atoms with Crippen molar-refractivity contribution in [3.05, 3.63) is 94.0 Å². The van der Waals surface area contributed by atoms with Crippen molar-refractivity contribution in [2.75, 3.05) is 5.32 Å². The van der Waals surface area contributed by atoms with E-state index in [2.05, 4.69) is 29.6 Å². The molecule has 1 N–H and O–H groups in total. The highest BCUT2D eigenvalue weighted by atomic mass is 35.5. The SMILES string of the molecule is Cc1ccc(C(=O)Nc2ccc(CSc3ccccc3)cc2C)c(Cl)c1. The lowest BCUT2D eigenvalue weighted by Crippen LogP contribution is -2.13. The average molecular weight is 382 g/mol. The first-order valence-corrected chi connectivity index (χ1v) is 9.74. The lowest BCUT2D eigenvalue weighted by atomic mass is 10.1. The molecular weight excluding hydrogens is 362 g/mol. The van der Waals surface area contributed by atoms with E-state index in [9.17, 15) is 4.79 Å². The topological polar surface area (TPSA) is 29.1 Å². The Labute approximate surface area is 163 Å². The Morgan fingerprint density at radius 2 is 1.77 bits per heavy atom. The normalized spacial score (nSPS) is 10.6. The van der Waals surface area contributed by atoms with E-state index in [4.69, 9.17) is 11.6 Å². The summed E-state index contributed by atoms with van der Waals surface area (Å²) in [6.45, 7) is 3.95. The van der Waals surface area contributed by atoms with Crippen LogP contribution in [0.3, 0.4) is 0 Å². The fourth-order valence-electron chi connectivity index (χ4n) is 2.63. The molecule has 0 spiro atoms. The molecule has 4 heteroatoms. The number of amides is 1. The third kappa shape index (κ3) is 4.69. The maximum absolute atomic E-state index is 12.5. The van der Waals surface area contributed by atoms with Gasteiger partial charge in [0, 0.05) is 16.3 Å². The first-order chi connectivity index (χ1) is 12.5. The van der Waals surface area contributed by atoms with Gasteiger partial charge in [0.25, 0.3) is 5.91 Å². The van der Waals surface area contributed by atoms with E-state index < -0.39 is 0 Å². The molecule has 26 heavy (non-hydrogen) atoms. The highest BCUT2D eigenvalue weighted by Gasteiger charge is 2.12. The summed E-state index contributed by atoms with van der Waals surface area (Å²) in [7, 11) is 0. The number of hydrogen-bond donors (Lipinski definition) is 1. The van der Waals surface area contributed by atoms with Crippen molar-refractivity contribution in [3.8, 4) is 0 Å². The molecule has 0 saturated carbocycles. The zero-order valence-corrected chi connectivity index (χ0v) is 16.3. The number of anilines is 1. The van der Waals surface area contributed by atoms with Crippen molar-refractivity contribution in [1.29, 1.82) is 0 Å². The molecule has 0 radical (unpaired) electrons. The number of carbonyl (C=O) groups excluding carboxylic acids is 1. The number of halogens is 1. The molecule has 3 aromatic rings. The van der Waals surface area contributed by atoms with Gasteiger partial charge in [-0.2, -0.15) is 0 Å². The first-order valence-electron chi connectivity index (χ1n) is 8.38. The Hall–Kier alpha value is -2.23. The van der Waals surface area contributed by atoms with Crippen LogP contribution in [0.5, 0.6) is 0 Å². The maximum Gasteiger partial charge on any atom is 0.257 e. The first kappa shape index (κ1) is 18.6. The summed E-state index contributed by atoms with van der Waals surface area (Å²) in [6, 6.07) is 21.9. The third-order valence-electron chi connectivity index (χ3n) is 4.06. The van der Waals surface area contributed by atoms with Crippen LogP contribution >= 0.6 is 23.4 Å². The molecule has 3 rings (SSSR count). The summed E-state index contributed by atoms with van der Waals surface area (Å²) in [5.41, 5.74) is 4.58. The fraction of sp³-hybridized carbons (Fsp3) is 0.136. The molecule has 0 unspecified atom stereocenters. The Morgan fingerprint density at radius 3 is 2.46 bits per heavy atom. The van der Waals surface area contributed by atoms with Gasteiger partial charge >= 0.3 is 0 Å². The smallest absolute Gasteiger partial charge is 0.257 e. The molecule has 0 heterocycles. The van der Waals surface area contributed by atoms with Gasteiger partial charge in [0.05, 0.1) is 10.6 Å². The van der Waals surface area contributed by atoms with Crippen molar-refractivity contribution in [2.45, 2.75) is 24.5 Å². The predicted octanol–water partition coefficient (Wildman–Crippen LogP) is 6.50. The van der Waals surface area contributed by atoms with Gasteiger partial charge in [-0.05, 0) is 60.9 Å². The second-order valence-corrected chi connectivity index (χ2v) is 7.64. The number of rotatable bonds is 5. The number of benzene rings is 3. The summed E-state index contributed by atoms with van der Waals surface area (Å²) in [6.07, 6.45) is 0. The van der Waals surface area contributed by atoms with Crippen LogP contribution in [0, 0.1) is 13.8 Å². The van der Waals surface area contributed by atoms with Crippen LogP contribution in [-0.4, -0.2) is 5.91 Å². The predicted molar refractivity (Wildman–Crippen MR) is 111 cm³/mol. The van der Waals surface area contributed by atoms with E-state index in [-0.39, 0.29) is 5.91 Å². The van der Waals surface area contributed by atoms with Crippen LogP contribution in [0.2, 0.25) is 5.02 Å². The molecule has 0 bridgehead atoms. The Balaban J connectivity index is 1.68. The van der Waals surface area contributed by atoms with E-state index in [1.165, 1.54) is 10.5 Å². The monoisotopic (exact) mass is 381 g/mol. The fourth-order valence-corrected chi connectivity index (χ4v) is 3.82. The molecule has 0 fully saturated rings. The molecule has 0 aliphatic heterocycles. The largest absolute Gasteiger partial charge is 0.322 e. The summed E-state index contributed by atoms with van der Waals surface area (Å²) in [5.74, 6) is 0.701. The van der Waals surface area contributed by atoms with Crippen LogP contribution in [-0.2, 0) is 5.75 Å². The zero-order chi connectivity index (χ0) is 18.5. The minimum absolute atomic E-state index is 0.190. The lowest BCUT2D eigenvalue weighted by Gasteiger charge is -2.11. The highest BCUT2D eigenvalue weighted by Crippen LogP contribution is 2.26. The molecule has 0 aliphatic carbocycles. The van der Waals surface area contributed by atoms with E-state index in [1.807, 2.05) is 44.2 Å². The third-order valence-corrected chi connectivity index (χ3v) is 5.45. The Bertz CT molecular complexity index is 925. The van der Waals surface area contributed by atoms with E-state index in [0.29, 0.717) is 10.6 Å². The molecule has 0 aromatic heterocycles. The van der Waals surface area contributed by atoms with Gasteiger partial charge < -0.3 is 5.32 Å². The van der Waals surface area contributed by atoms with Gasteiger partial charge in [0.1, 0.15) is 0 Å². The van der Waals surface area contributed by atoms with Crippen molar-refractivity contribution >= 4 is 35.0 Å². The average Bonchev–Trinajstić information content (AvgIpc) is 2.63. The molecule has 3 aromatic carbocycles. The summed E-state index contributed by atoms with van der Waals surface area (Å²) < 4.78 is 0. The Kier molecular flexibility index (Phi) is 6.02. The minimum Gasteiger partial charge on any atom is -0.322 e. The van der Waals surface area contributed by atoms with Gasteiger partial charge in [-0.15, -0.1) is 11.8 Å². The standard InChI is InChI=1S/C22H20ClNOS/c1-15-8-10-19(20(23)12-15)22(25)24-21-11-9-17(13-16(21)2)14-26-18-6-4-3-5-7-18/h3-13H,14H2,1-2H3,(H,24,25). The number of hydrogen-bond acceptors (Lipinski definition) is 2. The van der Waals surface area contributed by atoms with Gasteiger partial charge in [0.15, 0.2) is 0 Å². The quantitative estimate of drug-likeness (QED) is 0.511. The molecule has 2 nitrogen and oxygen atoms in total. The van der Waals surface area contributed by atoms with Gasteiger partial charge in [-0.3, -0.25) is 4.79 Å². The number of nitrogens with one attached hydrogen (secondary N) is 1. The second kappa shape index (κ2) is 8.43. The van der Waals surface area contributed by atoms with Crippen molar-refractivity contribution in [1.82, 2.24) is 0 Å². The van der Waals surface area contributed by atoms with Crippen molar-refractivity contribution in [3.63, 3.8) is 0 Å². The number of aryl methyl sites for hydroxylation is 2. The second-order valence-electron chi connectivity index (χ2n) is 6.19. The van der Waals surface area contributed by atoms with Crippen LogP contribution in [0.1, 0.15) is 27.0 Å². The number of carbonyl (C=O) groups is 1. The summed E-state index contributed by atoms with van der Waals surface area (Å²) >= 11 is 7.99. The lowest BCUT2D eigenvalue weighted by molar-refractivity contribution is 0.102. The van der Waals surface area contributed by atoms with Gasteiger partial charge in [0.2, 0.25) is 0 Å². The molecule has 0 atom stereocenters. The van der Waals surface area contributed by atoms with Crippen LogP contribution in [0.15, 0.2) is 71.6 Å². The van der Waals surface area contributed by atoms with Crippen molar-refractivity contribution < 1.29 is 4.79 Å². The molecule has 132 valence electrons. The van der Waals surface area contributed by atoms with E-state index >= 15 is 0 Å². The van der Waals surface area contributed by atoms with Gasteiger partial charge in [-0.1, -0.05) is 48.0 Å². The van der Waals surface area contributed by atoms with Crippen LogP contribution in [0.25, 0.3) is 0 Å². The van der Waals surface area contributed by atoms with Gasteiger partial charge in [-0.25, -0.2) is 0 Å². The summed E-state index contributed by atoms with van der Waals surface area (Å²) in [5, 5.41) is 3.43. The summed E-state index contributed by atoms with van der Waals surface area (Å²) in [4.78, 5) is 13.7. The molecule has 1 amide bonds. The maximum atomic E-state index is 12.5. The van der Waals surface area contributed by atoms with Crippen molar-refractivity contribution in [2.24, 2.45) is 0 Å². The molecule has 0 aliphatic rings. The van der Waals surface area contributed by atoms with E-state index in [1.54, 1.807) is 23.9 Å². The molecule has 0 saturated heterocycles. The number of thioether (sulfide) groups is 1. The minimum atomic E-state index is -0.190. The van der Waals surface area contributed by atoms with E-state index in [0.717, 1.165) is 22.6 Å². The Morgan fingerprint density at radius 1 is 1.00 bits per heavy atom.